The van der Waals surface area contributed by atoms with Crippen molar-refractivity contribution in [3.05, 3.63) is 53.6 Å². The van der Waals surface area contributed by atoms with E-state index in [1.807, 2.05) is 37.3 Å². The van der Waals surface area contributed by atoms with Crippen LogP contribution in [0.15, 0.2) is 42.5 Å². The molecule has 1 fully saturated rings. The average Bonchev–Trinajstić information content (AvgIpc) is 2.85. The van der Waals surface area contributed by atoms with Crippen molar-refractivity contribution in [3.63, 3.8) is 0 Å². The molecule has 0 aliphatic carbocycles. The van der Waals surface area contributed by atoms with Crippen molar-refractivity contribution in [2.75, 3.05) is 43.6 Å². The molecule has 0 saturated carbocycles. The summed E-state index contributed by atoms with van der Waals surface area (Å²) in [5.41, 5.74) is 2.96. The van der Waals surface area contributed by atoms with Crippen molar-refractivity contribution in [1.82, 2.24) is 10.2 Å². The quantitative estimate of drug-likeness (QED) is 0.682. The number of nitrogens with one attached hydrogen (secondary N) is 1. The van der Waals surface area contributed by atoms with E-state index >= 15 is 0 Å². The zero-order valence-electron chi connectivity index (χ0n) is 20.0. The van der Waals surface area contributed by atoms with Crippen molar-refractivity contribution in [1.29, 1.82) is 0 Å². The highest BCUT2D eigenvalue weighted by Gasteiger charge is 2.40. The number of amides is 3. The van der Waals surface area contributed by atoms with Gasteiger partial charge >= 0.3 is 0 Å². The molecule has 2 aromatic rings. The molecule has 2 heterocycles. The third kappa shape index (κ3) is 4.85. The Morgan fingerprint density at radius 1 is 1.09 bits per heavy atom. The average molecular weight is 465 g/mol. The number of fused-ring (bicyclic) bond motifs is 3. The molecule has 1 N–H and O–H groups in total. The van der Waals surface area contributed by atoms with Gasteiger partial charge in [-0.1, -0.05) is 12.1 Å². The summed E-state index contributed by atoms with van der Waals surface area (Å²) in [6.07, 6.45) is 2.77. The number of carbonyl (C=O) groups excluding carboxylic acids is 3. The number of ether oxygens (including phenoxy) is 1. The van der Waals surface area contributed by atoms with E-state index in [0.29, 0.717) is 24.4 Å². The summed E-state index contributed by atoms with van der Waals surface area (Å²) in [4.78, 5) is 44.1. The number of carbonyl (C=O) groups is 3. The highest BCUT2D eigenvalue weighted by Crippen LogP contribution is 2.40. The van der Waals surface area contributed by atoms with Crippen molar-refractivity contribution in [2.45, 2.75) is 38.8 Å². The fourth-order valence-corrected chi connectivity index (χ4v) is 4.58. The van der Waals surface area contributed by atoms with E-state index in [4.69, 9.17) is 4.74 Å². The number of hydrogen-bond acceptors (Lipinski definition) is 5. The van der Waals surface area contributed by atoms with Gasteiger partial charge in [-0.25, -0.2) is 0 Å². The summed E-state index contributed by atoms with van der Waals surface area (Å²) in [5.74, 6) is 0.309. The predicted molar refractivity (Wildman–Crippen MR) is 131 cm³/mol. The Bertz CT molecular complexity index is 1070. The molecule has 4 rings (SSSR count). The van der Waals surface area contributed by atoms with E-state index in [-0.39, 0.29) is 30.3 Å². The van der Waals surface area contributed by atoms with E-state index in [1.54, 1.807) is 31.1 Å². The number of piperidine rings is 1. The van der Waals surface area contributed by atoms with Crippen molar-refractivity contribution >= 4 is 29.1 Å². The maximum Gasteiger partial charge on any atom is 0.253 e. The molecule has 0 radical (unpaired) electrons. The lowest BCUT2D eigenvalue weighted by Gasteiger charge is -2.45. The predicted octanol–water partition coefficient (Wildman–Crippen LogP) is 2.81. The number of rotatable bonds is 7. The fourth-order valence-electron chi connectivity index (χ4n) is 4.58. The first-order chi connectivity index (χ1) is 16.4. The molecule has 2 aromatic carbocycles. The first-order valence-corrected chi connectivity index (χ1v) is 11.8. The molecule has 34 heavy (non-hydrogen) atoms. The molecule has 3 amide bonds. The Kier molecular flexibility index (Phi) is 7.05. The zero-order chi connectivity index (χ0) is 24.2. The second-order valence-electron chi connectivity index (χ2n) is 8.89. The maximum absolute atomic E-state index is 13.4. The first-order valence-electron chi connectivity index (χ1n) is 11.8. The lowest BCUT2D eigenvalue weighted by Crippen LogP contribution is -2.57. The van der Waals surface area contributed by atoms with E-state index in [0.717, 1.165) is 42.8 Å². The normalized spacial score (nSPS) is 17.0. The molecule has 180 valence electrons. The lowest BCUT2D eigenvalue weighted by molar-refractivity contribution is -0.125. The fraction of sp³-hybridized carbons (Fsp3) is 0.423. The summed E-state index contributed by atoms with van der Waals surface area (Å²) in [7, 11) is 3.39. The number of anilines is 2. The number of benzene rings is 2. The highest BCUT2D eigenvalue weighted by molar-refractivity contribution is 6.09. The first kappa shape index (κ1) is 23.6. The second kappa shape index (κ2) is 10.2. The van der Waals surface area contributed by atoms with Crippen LogP contribution < -0.4 is 19.9 Å². The molecule has 2 aliphatic rings. The lowest BCUT2D eigenvalue weighted by atomic mass is 9.95. The highest BCUT2D eigenvalue weighted by atomic mass is 16.5. The van der Waals surface area contributed by atoms with Gasteiger partial charge < -0.3 is 19.9 Å². The molecule has 2 aliphatic heterocycles. The minimum absolute atomic E-state index is 0.0853. The van der Waals surface area contributed by atoms with Crippen LogP contribution in [0.25, 0.3) is 0 Å². The monoisotopic (exact) mass is 464 g/mol. The molecule has 0 bridgehead atoms. The largest absolute Gasteiger partial charge is 0.494 e. The minimum atomic E-state index is -0.268. The van der Waals surface area contributed by atoms with Gasteiger partial charge in [0.1, 0.15) is 18.3 Å². The van der Waals surface area contributed by atoms with Crippen molar-refractivity contribution in [2.24, 2.45) is 0 Å². The Morgan fingerprint density at radius 2 is 1.85 bits per heavy atom. The van der Waals surface area contributed by atoms with Gasteiger partial charge in [0.15, 0.2) is 0 Å². The van der Waals surface area contributed by atoms with Gasteiger partial charge in [0.05, 0.1) is 18.0 Å². The van der Waals surface area contributed by atoms with Gasteiger partial charge in [0.2, 0.25) is 11.8 Å². The molecule has 1 atom stereocenters. The van der Waals surface area contributed by atoms with Crippen LogP contribution >= 0.6 is 0 Å². The van der Waals surface area contributed by atoms with E-state index in [2.05, 4.69) is 10.2 Å². The SMILES string of the molecule is CCOc1ccc(CNC(=O)CN2C(=O)C3CCCCN3c3ccc(C(=O)N(C)C)cc32)cc1. The molecule has 0 aromatic heterocycles. The summed E-state index contributed by atoms with van der Waals surface area (Å²) >= 11 is 0. The van der Waals surface area contributed by atoms with Crippen LogP contribution in [0.3, 0.4) is 0 Å². The molecule has 8 nitrogen and oxygen atoms in total. The van der Waals surface area contributed by atoms with E-state index in [9.17, 15) is 14.4 Å². The van der Waals surface area contributed by atoms with Gasteiger partial charge in [0.25, 0.3) is 5.91 Å². The van der Waals surface area contributed by atoms with E-state index < -0.39 is 0 Å². The smallest absolute Gasteiger partial charge is 0.253 e. The van der Waals surface area contributed by atoms with Gasteiger partial charge in [0, 0.05) is 32.7 Å². The molecule has 1 unspecified atom stereocenters. The Labute approximate surface area is 200 Å². The van der Waals surface area contributed by atoms with Crippen LogP contribution in [-0.4, -0.2) is 62.5 Å². The molecule has 0 spiro atoms. The standard InChI is InChI=1S/C26H32N4O4/c1-4-34-20-11-8-18(9-12-20)16-27-24(31)17-30-23-15-19(25(32)28(2)3)10-13-21(23)29-14-6-5-7-22(29)26(30)33/h8-13,15,22H,4-7,14,16-17H2,1-3H3,(H,27,31). The summed E-state index contributed by atoms with van der Waals surface area (Å²) in [6, 6.07) is 12.7. The zero-order valence-corrected chi connectivity index (χ0v) is 20.0. The van der Waals surface area contributed by atoms with Crippen LogP contribution in [0.2, 0.25) is 0 Å². The van der Waals surface area contributed by atoms with Crippen molar-refractivity contribution < 1.29 is 19.1 Å². The van der Waals surface area contributed by atoms with Crippen LogP contribution in [0.5, 0.6) is 5.75 Å². The molecule has 1 saturated heterocycles. The van der Waals surface area contributed by atoms with Gasteiger partial charge in [-0.3, -0.25) is 19.3 Å². The molecular weight excluding hydrogens is 432 g/mol. The Morgan fingerprint density at radius 3 is 2.56 bits per heavy atom. The van der Waals surface area contributed by atoms with Gasteiger partial charge in [-0.2, -0.15) is 0 Å². The minimum Gasteiger partial charge on any atom is -0.494 e. The van der Waals surface area contributed by atoms with Crippen LogP contribution in [0, 0.1) is 0 Å². The molecule has 8 heteroatoms. The summed E-state index contributed by atoms with van der Waals surface area (Å²) in [5, 5.41) is 2.91. The van der Waals surface area contributed by atoms with Crippen LogP contribution in [0.1, 0.15) is 42.1 Å². The van der Waals surface area contributed by atoms with Gasteiger partial charge in [-0.05, 0) is 62.1 Å². The third-order valence-corrected chi connectivity index (χ3v) is 6.31. The maximum atomic E-state index is 13.4. The van der Waals surface area contributed by atoms with Crippen LogP contribution in [-0.2, 0) is 16.1 Å². The third-order valence-electron chi connectivity index (χ3n) is 6.31. The Hall–Kier alpha value is -3.55. The van der Waals surface area contributed by atoms with E-state index in [1.165, 1.54) is 4.90 Å². The summed E-state index contributed by atoms with van der Waals surface area (Å²) in [6.45, 7) is 3.59. The second-order valence-corrected chi connectivity index (χ2v) is 8.89. The Balaban J connectivity index is 1.53. The molecular formula is C26H32N4O4. The number of hydrogen-bond donors (Lipinski definition) is 1. The topological polar surface area (TPSA) is 82.2 Å². The van der Waals surface area contributed by atoms with Crippen LogP contribution in [0.4, 0.5) is 11.4 Å². The number of nitrogens with zero attached hydrogens (tertiary/aromatic N) is 3. The van der Waals surface area contributed by atoms with Crippen molar-refractivity contribution in [3.8, 4) is 5.75 Å². The summed E-state index contributed by atoms with van der Waals surface area (Å²) < 4.78 is 5.45. The van der Waals surface area contributed by atoms with Gasteiger partial charge in [-0.15, -0.1) is 0 Å².